The molecule has 4 heteroatoms. The van der Waals surface area contributed by atoms with Gasteiger partial charge in [0.05, 0.1) is 4.88 Å². The number of thiophene rings is 2. The van der Waals surface area contributed by atoms with Gasteiger partial charge in [-0.05, 0) is 40.9 Å². The quantitative estimate of drug-likeness (QED) is 0.826. The first-order chi connectivity index (χ1) is 8.20. The van der Waals surface area contributed by atoms with Crippen LogP contribution in [0, 0.1) is 0 Å². The molecule has 0 aliphatic rings. The smallest absolute Gasteiger partial charge is 0.263 e. The monoisotopic (exact) mass is 265 g/mol. The average Bonchev–Trinajstić information content (AvgIpc) is 2.98. The Morgan fingerprint density at radius 3 is 2.76 bits per heavy atom. The second-order valence-corrected chi connectivity index (χ2v) is 5.86. The summed E-state index contributed by atoms with van der Waals surface area (Å²) >= 11 is 3.25. The fourth-order valence-corrected chi connectivity index (χ4v) is 3.20. The van der Waals surface area contributed by atoms with Gasteiger partial charge in [0.1, 0.15) is 0 Å². The van der Waals surface area contributed by atoms with E-state index < -0.39 is 0 Å². The Balaban J connectivity index is 2.04. The summed E-state index contributed by atoms with van der Waals surface area (Å²) in [5, 5.41) is 4.11. The van der Waals surface area contributed by atoms with E-state index in [0.29, 0.717) is 6.54 Å². The molecule has 0 saturated heterocycles. The SMILES string of the molecule is CCc1ccc(C(=O)N(C)Cc2ccsc2)s1. The van der Waals surface area contributed by atoms with Crippen LogP contribution in [0.4, 0.5) is 0 Å². The molecular weight excluding hydrogens is 250 g/mol. The van der Waals surface area contributed by atoms with Crippen LogP contribution in [0.25, 0.3) is 0 Å². The largest absolute Gasteiger partial charge is 0.337 e. The van der Waals surface area contributed by atoms with Gasteiger partial charge in [0.15, 0.2) is 0 Å². The predicted octanol–water partition coefficient (Wildman–Crippen LogP) is 3.64. The summed E-state index contributed by atoms with van der Waals surface area (Å²) in [6.07, 6.45) is 0.992. The zero-order chi connectivity index (χ0) is 12.3. The van der Waals surface area contributed by atoms with Crippen molar-refractivity contribution < 1.29 is 4.79 Å². The van der Waals surface area contributed by atoms with Gasteiger partial charge in [-0.25, -0.2) is 0 Å². The van der Waals surface area contributed by atoms with Gasteiger partial charge in [-0.1, -0.05) is 6.92 Å². The van der Waals surface area contributed by atoms with E-state index in [1.54, 1.807) is 27.6 Å². The van der Waals surface area contributed by atoms with E-state index in [-0.39, 0.29) is 5.91 Å². The molecule has 90 valence electrons. The van der Waals surface area contributed by atoms with Crippen LogP contribution in [0.15, 0.2) is 29.0 Å². The average molecular weight is 265 g/mol. The summed E-state index contributed by atoms with van der Waals surface area (Å²) in [5.41, 5.74) is 1.19. The Bertz CT molecular complexity index is 487. The van der Waals surface area contributed by atoms with Crippen molar-refractivity contribution in [3.63, 3.8) is 0 Å². The van der Waals surface area contributed by atoms with Crippen molar-refractivity contribution in [1.29, 1.82) is 0 Å². The molecule has 17 heavy (non-hydrogen) atoms. The normalized spacial score (nSPS) is 10.5. The van der Waals surface area contributed by atoms with Crippen LogP contribution in [0.2, 0.25) is 0 Å². The Kier molecular flexibility index (Phi) is 3.97. The molecule has 0 unspecified atom stereocenters. The first kappa shape index (κ1) is 12.3. The Hall–Kier alpha value is -1.13. The van der Waals surface area contributed by atoms with Crippen LogP contribution in [0.5, 0.6) is 0 Å². The van der Waals surface area contributed by atoms with Crippen LogP contribution in [0.3, 0.4) is 0 Å². The third-order valence-corrected chi connectivity index (χ3v) is 4.52. The summed E-state index contributed by atoms with van der Waals surface area (Å²) in [5.74, 6) is 0.112. The molecule has 0 aliphatic heterocycles. The third-order valence-electron chi connectivity index (χ3n) is 2.57. The van der Waals surface area contributed by atoms with E-state index in [1.807, 2.05) is 24.6 Å². The van der Waals surface area contributed by atoms with Crippen molar-refractivity contribution >= 4 is 28.6 Å². The van der Waals surface area contributed by atoms with Crippen molar-refractivity contribution in [2.75, 3.05) is 7.05 Å². The Labute approximate surface area is 110 Å². The minimum Gasteiger partial charge on any atom is -0.337 e. The molecule has 0 aromatic carbocycles. The summed E-state index contributed by atoms with van der Waals surface area (Å²) < 4.78 is 0. The first-order valence-electron chi connectivity index (χ1n) is 5.56. The Morgan fingerprint density at radius 1 is 1.35 bits per heavy atom. The molecule has 0 fully saturated rings. The number of hydrogen-bond acceptors (Lipinski definition) is 3. The molecule has 0 spiro atoms. The standard InChI is InChI=1S/C13H15NOS2/c1-3-11-4-5-12(17-11)13(15)14(2)8-10-6-7-16-9-10/h4-7,9H,3,8H2,1-2H3. The van der Waals surface area contributed by atoms with Gasteiger partial charge in [-0.15, -0.1) is 11.3 Å². The highest BCUT2D eigenvalue weighted by atomic mass is 32.1. The maximum atomic E-state index is 12.1. The lowest BCUT2D eigenvalue weighted by atomic mass is 10.3. The van der Waals surface area contributed by atoms with E-state index in [9.17, 15) is 4.79 Å². The molecule has 0 atom stereocenters. The van der Waals surface area contributed by atoms with Crippen molar-refractivity contribution in [3.8, 4) is 0 Å². The van der Waals surface area contributed by atoms with Gasteiger partial charge in [0.2, 0.25) is 0 Å². The van der Waals surface area contributed by atoms with Crippen LogP contribution >= 0.6 is 22.7 Å². The number of rotatable bonds is 4. The van der Waals surface area contributed by atoms with E-state index in [1.165, 1.54) is 10.4 Å². The lowest BCUT2D eigenvalue weighted by Crippen LogP contribution is -2.25. The van der Waals surface area contributed by atoms with Gasteiger partial charge in [0, 0.05) is 18.5 Å². The van der Waals surface area contributed by atoms with Crippen LogP contribution < -0.4 is 0 Å². The summed E-state index contributed by atoms with van der Waals surface area (Å²) in [7, 11) is 1.85. The van der Waals surface area contributed by atoms with Crippen LogP contribution in [-0.4, -0.2) is 17.9 Å². The fourth-order valence-electron chi connectivity index (χ4n) is 1.60. The minimum absolute atomic E-state index is 0.112. The highest BCUT2D eigenvalue weighted by molar-refractivity contribution is 7.14. The van der Waals surface area contributed by atoms with Gasteiger partial charge < -0.3 is 4.90 Å². The number of aryl methyl sites for hydroxylation is 1. The van der Waals surface area contributed by atoms with Crippen molar-refractivity contribution in [2.45, 2.75) is 19.9 Å². The zero-order valence-corrected chi connectivity index (χ0v) is 11.6. The van der Waals surface area contributed by atoms with Gasteiger partial charge in [0.25, 0.3) is 5.91 Å². The van der Waals surface area contributed by atoms with Gasteiger partial charge in [-0.2, -0.15) is 11.3 Å². The van der Waals surface area contributed by atoms with E-state index in [2.05, 4.69) is 18.4 Å². The van der Waals surface area contributed by atoms with Crippen LogP contribution in [0.1, 0.15) is 27.0 Å². The lowest BCUT2D eigenvalue weighted by Gasteiger charge is -2.15. The first-order valence-corrected chi connectivity index (χ1v) is 7.32. The molecule has 0 saturated carbocycles. The highest BCUT2D eigenvalue weighted by Gasteiger charge is 2.14. The second kappa shape index (κ2) is 5.47. The number of hydrogen-bond donors (Lipinski definition) is 0. The second-order valence-electron chi connectivity index (χ2n) is 3.91. The van der Waals surface area contributed by atoms with Crippen LogP contribution in [-0.2, 0) is 13.0 Å². The van der Waals surface area contributed by atoms with Gasteiger partial charge in [-0.3, -0.25) is 4.79 Å². The number of carbonyl (C=O) groups excluding carboxylic acids is 1. The van der Waals surface area contributed by atoms with Crippen molar-refractivity contribution in [2.24, 2.45) is 0 Å². The molecule has 2 rings (SSSR count). The highest BCUT2D eigenvalue weighted by Crippen LogP contribution is 2.19. The Morgan fingerprint density at radius 2 is 2.18 bits per heavy atom. The molecule has 0 bridgehead atoms. The number of nitrogens with zero attached hydrogens (tertiary/aromatic N) is 1. The molecule has 0 N–H and O–H groups in total. The summed E-state index contributed by atoms with van der Waals surface area (Å²) in [6.45, 7) is 2.79. The zero-order valence-electron chi connectivity index (χ0n) is 9.97. The third kappa shape index (κ3) is 2.96. The maximum Gasteiger partial charge on any atom is 0.263 e. The molecule has 2 aromatic rings. The molecule has 2 heterocycles. The number of amides is 1. The van der Waals surface area contributed by atoms with E-state index in [4.69, 9.17) is 0 Å². The van der Waals surface area contributed by atoms with E-state index >= 15 is 0 Å². The fraction of sp³-hybridized carbons (Fsp3) is 0.308. The molecule has 0 radical (unpaired) electrons. The lowest BCUT2D eigenvalue weighted by molar-refractivity contribution is 0.0790. The minimum atomic E-state index is 0.112. The molecule has 2 aromatic heterocycles. The van der Waals surface area contributed by atoms with Crippen molar-refractivity contribution in [3.05, 3.63) is 44.3 Å². The molecular formula is C13H15NOS2. The predicted molar refractivity (Wildman–Crippen MR) is 73.8 cm³/mol. The molecule has 0 aliphatic carbocycles. The molecule has 1 amide bonds. The number of carbonyl (C=O) groups is 1. The summed E-state index contributed by atoms with van der Waals surface area (Å²) in [6, 6.07) is 6.02. The van der Waals surface area contributed by atoms with E-state index in [0.717, 1.165) is 11.3 Å². The van der Waals surface area contributed by atoms with Crippen molar-refractivity contribution in [1.82, 2.24) is 4.90 Å². The topological polar surface area (TPSA) is 20.3 Å². The maximum absolute atomic E-state index is 12.1. The molecule has 2 nitrogen and oxygen atoms in total. The van der Waals surface area contributed by atoms with Gasteiger partial charge >= 0.3 is 0 Å². The summed E-state index contributed by atoms with van der Waals surface area (Å²) in [4.78, 5) is 16.0.